The van der Waals surface area contributed by atoms with Gasteiger partial charge in [0.2, 0.25) is 0 Å². The lowest BCUT2D eigenvalue weighted by Gasteiger charge is -2.32. The monoisotopic (exact) mass is 399 g/mol. The molecule has 0 unspecified atom stereocenters. The number of hydrogen-bond acceptors (Lipinski definition) is 4. The molecule has 0 spiro atoms. The molecule has 1 amide bonds. The number of rotatable bonds is 10. The van der Waals surface area contributed by atoms with E-state index in [2.05, 4.69) is 40.3 Å². The molecule has 2 aromatic rings. The molecule has 1 aliphatic heterocycles. The third-order valence-electron chi connectivity index (χ3n) is 5.55. The van der Waals surface area contributed by atoms with E-state index in [9.17, 15) is 4.79 Å². The summed E-state index contributed by atoms with van der Waals surface area (Å²) in [7, 11) is 0. The van der Waals surface area contributed by atoms with Gasteiger partial charge >= 0.3 is 6.09 Å². The SMILES string of the molecule is CCCCCc1cc(OC2CCN(CCCNC(=O)O)CC2)c2ncccc2c1. The first-order valence-electron chi connectivity index (χ1n) is 10.9. The minimum atomic E-state index is -0.949. The Labute approximate surface area is 173 Å². The average Bonchev–Trinajstić information content (AvgIpc) is 2.72. The number of piperidine rings is 1. The van der Waals surface area contributed by atoms with Gasteiger partial charge in [-0.3, -0.25) is 4.98 Å². The number of pyridine rings is 1. The number of aromatic nitrogens is 1. The van der Waals surface area contributed by atoms with Crippen molar-refractivity contribution in [3.8, 4) is 5.75 Å². The quantitative estimate of drug-likeness (QED) is 0.577. The topological polar surface area (TPSA) is 74.7 Å². The lowest BCUT2D eigenvalue weighted by atomic mass is 10.0. The molecule has 0 saturated carbocycles. The van der Waals surface area contributed by atoms with Crippen molar-refractivity contribution in [1.82, 2.24) is 15.2 Å². The maximum atomic E-state index is 10.5. The fourth-order valence-corrected chi connectivity index (χ4v) is 3.96. The molecular weight excluding hydrogens is 366 g/mol. The minimum absolute atomic E-state index is 0.208. The smallest absolute Gasteiger partial charge is 0.404 e. The highest BCUT2D eigenvalue weighted by molar-refractivity contribution is 5.85. The van der Waals surface area contributed by atoms with E-state index in [1.54, 1.807) is 0 Å². The van der Waals surface area contributed by atoms with E-state index in [1.807, 2.05) is 12.3 Å². The number of carbonyl (C=O) groups is 1. The molecule has 1 aromatic carbocycles. The van der Waals surface area contributed by atoms with E-state index in [-0.39, 0.29) is 6.10 Å². The molecule has 2 N–H and O–H groups in total. The summed E-state index contributed by atoms with van der Waals surface area (Å²) < 4.78 is 6.44. The van der Waals surface area contributed by atoms with Gasteiger partial charge in [0.1, 0.15) is 17.4 Å². The van der Waals surface area contributed by atoms with Gasteiger partial charge in [0, 0.05) is 31.2 Å². The number of carboxylic acid groups (broad SMARTS) is 1. The number of hydrogen-bond donors (Lipinski definition) is 2. The van der Waals surface area contributed by atoms with Crippen molar-refractivity contribution in [2.45, 2.75) is 58.0 Å². The average molecular weight is 400 g/mol. The van der Waals surface area contributed by atoms with Crippen molar-refractivity contribution in [3.05, 3.63) is 36.0 Å². The van der Waals surface area contributed by atoms with E-state index in [0.717, 1.165) is 62.0 Å². The lowest BCUT2D eigenvalue weighted by Crippen LogP contribution is -2.39. The summed E-state index contributed by atoms with van der Waals surface area (Å²) in [5, 5.41) is 12.2. The van der Waals surface area contributed by atoms with Crippen LogP contribution in [0.15, 0.2) is 30.5 Å². The molecule has 1 saturated heterocycles. The number of likely N-dealkylation sites (tertiary alicyclic amines) is 1. The first-order chi connectivity index (χ1) is 14.2. The summed E-state index contributed by atoms with van der Waals surface area (Å²) in [6, 6.07) is 8.54. The Morgan fingerprint density at radius 3 is 2.86 bits per heavy atom. The molecule has 158 valence electrons. The maximum absolute atomic E-state index is 10.5. The molecule has 3 rings (SSSR count). The molecule has 2 heterocycles. The van der Waals surface area contributed by atoms with Crippen LogP contribution in [0.2, 0.25) is 0 Å². The number of nitrogens with zero attached hydrogens (tertiary/aromatic N) is 2. The summed E-state index contributed by atoms with van der Waals surface area (Å²) in [6.45, 7) is 5.63. The van der Waals surface area contributed by atoms with E-state index in [1.165, 1.54) is 24.8 Å². The predicted octanol–water partition coefficient (Wildman–Crippen LogP) is 4.47. The summed E-state index contributed by atoms with van der Waals surface area (Å²) >= 11 is 0. The molecule has 6 nitrogen and oxygen atoms in total. The number of amides is 1. The van der Waals surface area contributed by atoms with Crippen molar-refractivity contribution in [1.29, 1.82) is 0 Å². The van der Waals surface area contributed by atoms with Gasteiger partial charge in [0.25, 0.3) is 0 Å². The first-order valence-corrected chi connectivity index (χ1v) is 10.9. The Balaban J connectivity index is 1.56. The third kappa shape index (κ3) is 6.60. The van der Waals surface area contributed by atoms with Gasteiger partial charge in [-0.1, -0.05) is 25.8 Å². The molecule has 0 radical (unpaired) electrons. The second-order valence-corrected chi connectivity index (χ2v) is 7.87. The molecule has 1 aromatic heterocycles. The zero-order chi connectivity index (χ0) is 20.5. The van der Waals surface area contributed by atoms with Crippen molar-refractivity contribution in [2.24, 2.45) is 0 Å². The highest BCUT2D eigenvalue weighted by Crippen LogP contribution is 2.29. The molecule has 6 heteroatoms. The van der Waals surface area contributed by atoms with E-state index in [0.29, 0.717) is 6.54 Å². The van der Waals surface area contributed by atoms with Gasteiger partial charge < -0.3 is 20.1 Å². The first kappa shape index (κ1) is 21.4. The van der Waals surface area contributed by atoms with Crippen LogP contribution in [0.4, 0.5) is 4.79 Å². The van der Waals surface area contributed by atoms with Crippen molar-refractivity contribution in [3.63, 3.8) is 0 Å². The zero-order valence-corrected chi connectivity index (χ0v) is 17.4. The van der Waals surface area contributed by atoms with Gasteiger partial charge in [-0.25, -0.2) is 4.79 Å². The highest BCUT2D eigenvalue weighted by atomic mass is 16.5. The third-order valence-corrected chi connectivity index (χ3v) is 5.55. The van der Waals surface area contributed by atoms with Crippen molar-refractivity contribution < 1.29 is 14.6 Å². The number of aryl methyl sites for hydroxylation is 1. The fraction of sp³-hybridized carbons (Fsp3) is 0.565. The van der Waals surface area contributed by atoms with Gasteiger partial charge in [-0.2, -0.15) is 0 Å². The number of benzene rings is 1. The van der Waals surface area contributed by atoms with Gasteiger partial charge in [-0.15, -0.1) is 0 Å². The van der Waals surface area contributed by atoms with Crippen LogP contribution >= 0.6 is 0 Å². The van der Waals surface area contributed by atoms with E-state index in [4.69, 9.17) is 9.84 Å². The van der Waals surface area contributed by atoms with Crippen LogP contribution in [0, 0.1) is 0 Å². The largest absolute Gasteiger partial charge is 0.488 e. The van der Waals surface area contributed by atoms with Gasteiger partial charge in [0.05, 0.1) is 0 Å². The van der Waals surface area contributed by atoms with Crippen LogP contribution < -0.4 is 10.1 Å². The van der Waals surface area contributed by atoms with Gasteiger partial charge in [0.15, 0.2) is 0 Å². The van der Waals surface area contributed by atoms with Crippen LogP contribution in [-0.2, 0) is 6.42 Å². The molecule has 0 aliphatic carbocycles. The fourth-order valence-electron chi connectivity index (χ4n) is 3.96. The van der Waals surface area contributed by atoms with Crippen LogP contribution in [-0.4, -0.2) is 53.4 Å². The van der Waals surface area contributed by atoms with Crippen LogP contribution in [0.5, 0.6) is 5.75 Å². The maximum Gasteiger partial charge on any atom is 0.404 e. The van der Waals surface area contributed by atoms with Gasteiger partial charge in [-0.05, 0) is 62.4 Å². The summed E-state index contributed by atoms with van der Waals surface area (Å²) in [5.41, 5.74) is 2.28. The number of fused-ring (bicyclic) bond motifs is 1. The van der Waals surface area contributed by atoms with Crippen LogP contribution in [0.1, 0.15) is 51.0 Å². The molecule has 0 bridgehead atoms. The zero-order valence-electron chi connectivity index (χ0n) is 17.4. The Morgan fingerprint density at radius 2 is 2.10 bits per heavy atom. The summed E-state index contributed by atoms with van der Waals surface area (Å²) in [5.74, 6) is 0.915. The Bertz CT molecular complexity index is 788. The van der Waals surface area contributed by atoms with Crippen molar-refractivity contribution in [2.75, 3.05) is 26.2 Å². The second-order valence-electron chi connectivity index (χ2n) is 7.87. The molecule has 1 fully saturated rings. The lowest BCUT2D eigenvalue weighted by molar-refractivity contribution is 0.101. The normalized spacial score (nSPS) is 15.5. The summed E-state index contributed by atoms with van der Waals surface area (Å²) in [6.07, 6.45) is 8.67. The highest BCUT2D eigenvalue weighted by Gasteiger charge is 2.21. The van der Waals surface area contributed by atoms with E-state index < -0.39 is 6.09 Å². The summed E-state index contributed by atoms with van der Waals surface area (Å²) in [4.78, 5) is 17.5. The minimum Gasteiger partial charge on any atom is -0.488 e. The standard InChI is InChI=1S/C23H33N3O3/c1-2-3-4-7-18-16-19-8-5-11-24-22(19)21(17-18)29-20-9-14-26(15-10-20)13-6-12-25-23(27)28/h5,8,11,16-17,20,25H,2-4,6-7,9-10,12-15H2,1H3,(H,27,28). The predicted molar refractivity (Wildman–Crippen MR) is 116 cm³/mol. The molecule has 0 atom stereocenters. The Kier molecular flexibility index (Phi) is 8.11. The number of unbranched alkanes of at least 4 members (excludes halogenated alkanes) is 2. The Morgan fingerprint density at radius 1 is 1.28 bits per heavy atom. The second kappa shape index (κ2) is 11.0. The molecule has 29 heavy (non-hydrogen) atoms. The van der Waals surface area contributed by atoms with Crippen LogP contribution in [0.25, 0.3) is 10.9 Å². The molecular formula is C23H33N3O3. The van der Waals surface area contributed by atoms with Crippen LogP contribution in [0.3, 0.4) is 0 Å². The number of nitrogens with one attached hydrogen (secondary N) is 1. The van der Waals surface area contributed by atoms with Crippen molar-refractivity contribution >= 4 is 17.0 Å². The number of ether oxygens (including phenoxy) is 1. The van der Waals surface area contributed by atoms with E-state index >= 15 is 0 Å². The Hall–Kier alpha value is -2.34. The molecule has 1 aliphatic rings.